The Morgan fingerprint density at radius 3 is 3.12 bits per heavy atom. The van der Waals surface area contributed by atoms with E-state index in [1.54, 1.807) is 12.3 Å². The third-order valence-electron chi connectivity index (χ3n) is 4.31. The minimum atomic E-state index is 0.00180. The highest BCUT2D eigenvalue weighted by molar-refractivity contribution is 5.75. The summed E-state index contributed by atoms with van der Waals surface area (Å²) in [5.74, 6) is 0.733. The zero-order valence-electron chi connectivity index (χ0n) is 14.2. The van der Waals surface area contributed by atoms with Crippen LogP contribution in [0.3, 0.4) is 0 Å². The third-order valence-corrected chi connectivity index (χ3v) is 4.31. The topological polar surface area (TPSA) is 76.2 Å². The molecule has 3 rings (SSSR count). The molecule has 24 heavy (non-hydrogen) atoms. The molecule has 130 valence electrons. The maximum Gasteiger partial charge on any atom is 0.220 e. The lowest BCUT2D eigenvalue weighted by Crippen LogP contribution is -2.34. The number of nitrogens with one attached hydrogen (secondary N) is 1. The van der Waals surface area contributed by atoms with Crippen molar-refractivity contribution in [3.63, 3.8) is 0 Å². The van der Waals surface area contributed by atoms with E-state index in [9.17, 15) is 4.79 Å². The van der Waals surface area contributed by atoms with Gasteiger partial charge in [-0.1, -0.05) is 18.5 Å². The Bertz CT molecular complexity index is 650. The van der Waals surface area contributed by atoms with Gasteiger partial charge in [-0.3, -0.25) is 14.4 Å². The molecule has 0 fully saturated rings. The molecular formula is C17H25N5O2. The summed E-state index contributed by atoms with van der Waals surface area (Å²) in [5.41, 5.74) is 2.17. The van der Waals surface area contributed by atoms with Crippen molar-refractivity contribution < 1.29 is 9.32 Å². The molecule has 0 aliphatic carbocycles. The van der Waals surface area contributed by atoms with Crippen molar-refractivity contribution in [2.75, 3.05) is 13.1 Å². The number of rotatable bonds is 8. The summed E-state index contributed by atoms with van der Waals surface area (Å²) >= 11 is 0. The summed E-state index contributed by atoms with van der Waals surface area (Å²) in [6.07, 6.45) is 5.02. The smallest absolute Gasteiger partial charge is 0.220 e. The first-order valence-corrected chi connectivity index (χ1v) is 8.69. The Kier molecular flexibility index (Phi) is 5.63. The Morgan fingerprint density at radius 1 is 1.42 bits per heavy atom. The van der Waals surface area contributed by atoms with Crippen molar-refractivity contribution in [1.82, 2.24) is 25.2 Å². The van der Waals surface area contributed by atoms with Crippen molar-refractivity contribution in [3.8, 4) is 0 Å². The van der Waals surface area contributed by atoms with Crippen LogP contribution in [0.25, 0.3) is 0 Å². The zero-order valence-corrected chi connectivity index (χ0v) is 14.2. The maximum atomic E-state index is 11.9. The number of carbonyl (C=O) groups excluding carboxylic acids is 1. The highest BCUT2D eigenvalue weighted by atomic mass is 16.5. The van der Waals surface area contributed by atoms with E-state index >= 15 is 0 Å². The van der Waals surface area contributed by atoms with Gasteiger partial charge >= 0.3 is 0 Å². The van der Waals surface area contributed by atoms with Crippen molar-refractivity contribution in [2.24, 2.45) is 0 Å². The molecule has 0 unspecified atom stereocenters. The summed E-state index contributed by atoms with van der Waals surface area (Å²) in [6, 6.07) is 3.88. The van der Waals surface area contributed by atoms with Crippen LogP contribution in [0.5, 0.6) is 0 Å². The largest absolute Gasteiger partial charge is 0.361 e. The van der Waals surface area contributed by atoms with Crippen LogP contribution >= 0.6 is 0 Å². The van der Waals surface area contributed by atoms with Gasteiger partial charge in [0.2, 0.25) is 5.91 Å². The SMILES string of the molecule is CCCCN1CCn2nc(CNC(=O)CCc3ccno3)cc2C1. The van der Waals surface area contributed by atoms with E-state index in [4.69, 9.17) is 4.52 Å². The number of aromatic nitrogens is 3. The number of nitrogens with zero attached hydrogens (tertiary/aromatic N) is 4. The Balaban J connectivity index is 1.45. The fraction of sp³-hybridized carbons (Fsp3) is 0.588. The fourth-order valence-electron chi connectivity index (χ4n) is 2.92. The molecule has 2 aromatic rings. The second kappa shape index (κ2) is 8.10. The van der Waals surface area contributed by atoms with E-state index in [0.29, 0.717) is 19.4 Å². The van der Waals surface area contributed by atoms with Gasteiger partial charge in [0.05, 0.1) is 30.7 Å². The van der Waals surface area contributed by atoms with Crippen LogP contribution in [0, 0.1) is 0 Å². The molecule has 0 aromatic carbocycles. The van der Waals surface area contributed by atoms with Crippen LogP contribution in [0.15, 0.2) is 22.9 Å². The molecule has 0 saturated heterocycles. The molecule has 1 amide bonds. The van der Waals surface area contributed by atoms with Crippen LogP contribution in [0.1, 0.15) is 43.3 Å². The average Bonchev–Trinajstić information content (AvgIpc) is 3.24. The second-order valence-corrected chi connectivity index (χ2v) is 6.24. The van der Waals surface area contributed by atoms with Gasteiger partial charge in [0, 0.05) is 32.0 Å². The molecule has 2 aromatic heterocycles. The fourth-order valence-corrected chi connectivity index (χ4v) is 2.92. The molecule has 1 aliphatic rings. The molecule has 1 aliphatic heterocycles. The highest BCUT2D eigenvalue weighted by Crippen LogP contribution is 2.14. The summed E-state index contributed by atoms with van der Waals surface area (Å²) in [7, 11) is 0. The molecule has 1 N–H and O–H groups in total. The van der Waals surface area contributed by atoms with Crippen molar-refractivity contribution in [3.05, 3.63) is 35.5 Å². The van der Waals surface area contributed by atoms with Gasteiger partial charge in [-0.15, -0.1) is 0 Å². The molecule has 3 heterocycles. The number of unbranched alkanes of at least 4 members (excludes halogenated alkanes) is 1. The number of fused-ring (bicyclic) bond motifs is 1. The lowest BCUT2D eigenvalue weighted by Gasteiger charge is -2.27. The Morgan fingerprint density at radius 2 is 2.33 bits per heavy atom. The normalized spacial score (nSPS) is 14.5. The summed E-state index contributed by atoms with van der Waals surface area (Å²) in [4.78, 5) is 14.4. The minimum absolute atomic E-state index is 0.00180. The first-order valence-electron chi connectivity index (χ1n) is 8.69. The summed E-state index contributed by atoms with van der Waals surface area (Å²) < 4.78 is 7.06. The van der Waals surface area contributed by atoms with Crippen LogP contribution in [-0.2, 0) is 30.8 Å². The van der Waals surface area contributed by atoms with E-state index in [-0.39, 0.29) is 5.91 Å². The van der Waals surface area contributed by atoms with Gasteiger partial charge in [-0.05, 0) is 19.0 Å². The maximum absolute atomic E-state index is 11.9. The number of amides is 1. The van der Waals surface area contributed by atoms with Gasteiger partial charge in [-0.25, -0.2) is 0 Å². The lowest BCUT2D eigenvalue weighted by atomic mass is 10.2. The monoisotopic (exact) mass is 331 g/mol. The molecule has 0 bridgehead atoms. The van der Waals surface area contributed by atoms with Crippen molar-refractivity contribution in [2.45, 2.75) is 52.2 Å². The predicted octanol–water partition coefficient (Wildman–Crippen LogP) is 1.74. The molecule has 0 radical (unpaired) electrons. The van der Waals surface area contributed by atoms with Crippen LogP contribution in [0.4, 0.5) is 0 Å². The molecule has 0 spiro atoms. The van der Waals surface area contributed by atoms with Gasteiger partial charge in [0.25, 0.3) is 0 Å². The van der Waals surface area contributed by atoms with E-state index in [1.807, 2.05) is 0 Å². The molecular weight excluding hydrogens is 306 g/mol. The molecule has 7 heteroatoms. The minimum Gasteiger partial charge on any atom is -0.361 e. The van der Waals surface area contributed by atoms with Gasteiger partial charge in [0.15, 0.2) is 0 Å². The lowest BCUT2D eigenvalue weighted by molar-refractivity contribution is -0.121. The Labute approximate surface area is 142 Å². The van der Waals surface area contributed by atoms with Crippen molar-refractivity contribution in [1.29, 1.82) is 0 Å². The second-order valence-electron chi connectivity index (χ2n) is 6.24. The quantitative estimate of drug-likeness (QED) is 0.797. The van der Waals surface area contributed by atoms with Gasteiger partial charge in [0.1, 0.15) is 5.76 Å². The standard InChI is InChI=1S/C17H25N5O2/c1-2-3-8-21-9-10-22-15(13-21)11-14(20-22)12-18-17(23)5-4-16-6-7-19-24-16/h6-7,11H,2-5,8-10,12-13H2,1H3,(H,18,23). The van der Waals surface area contributed by atoms with Crippen LogP contribution < -0.4 is 5.32 Å². The van der Waals surface area contributed by atoms with E-state index < -0.39 is 0 Å². The molecule has 0 atom stereocenters. The number of hydrogen-bond acceptors (Lipinski definition) is 5. The first-order chi connectivity index (χ1) is 11.7. The Hall–Kier alpha value is -2.15. The van der Waals surface area contributed by atoms with Crippen molar-refractivity contribution >= 4 is 5.91 Å². The molecule has 0 saturated carbocycles. The molecule has 7 nitrogen and oxygen atoms in total. The van der Waals surface area contributed by atoms with Gasteiger partial charge < -0.3 is 9.84 Å². The first kappa shape index (κ1) is 16.7. The predicted molar refractivity (Wildman–Crippen MR) is 89.1 cm³/mol. The van der Waals surface area contributed by atoms with Gasteiger partial charge in [-0.2, -0.15) is 5.10 Å². The summed E-state index contributed by atoms with van der Waals surface area (Å²) in [6.45, 7) is 6.78. The zero-order chi connectivity index (χ0) is 16.8. The number of carbonyl (C=O) groups is 1. The average molecular weight is 331 g/mol. The van der Waals surface area contributed by atoms with Crippen LogP contribution in [-0.4, -0.2) is 38.8 Å². The number of aryl methyl sites for hydroxylation is 1. The highest BCUT2D eigenvalue weighted by Gasteiger charge is 2.18. The third kappa shape index (κ3) is 4.44. The van der Waals surface area contributed by atoms with Crippen LogP contribution in [0.2, 0.25) is 0 Å². The number of hydrogen-bond donors (Lipinski definition) is 1. The van der Waals surface area contributed by atoms with E-state index in [0.717, 1.165) is 37.6 Å². The van der Waals surface area contributed by atoms with E-state index in [1.165, 1.54) is 18.5 Å². The summed E-state index contributed by atoms with van der Waals surface area (Å²) in [5, 5.41) is 11.2. The van der Waals surface area contributed by atoms with E-state index in [2.05, 4.69) is 38.1 Å².